The Labute approximate surface area is 152 Å². The zero-order valence-corrected chi connectivity index (χ0v) is 15.5. The molecule has 25 heavy (non-hydrogen) atoms. The average Bonchev–Trinajstić information content (AvgIpc) is 3.23. The Bertz CT molecular complexity index is 990. The van der Waals surface area contributed by atoms with E-state index in [1.807, 2.05) is 17.8 Å². The number of para-hydroxylation sites is 2. The van der Waals surface area contributed by atoms with Gasteiger partial charge in [0.05, 0.1) is 21.4 Å². The molecule has 0 aliphatic carbocycles. The Balaban J connectivity index is 1.77. The van der Waals surface area contributed by atoms with Gasteiger partial charge >= 0.3 is 0 Å². The predicted octanol–water partition coefficient (Wildman–Crippen LogP) is 5.51. The molecule has 0 atom stereocenters. The van der Waals surface area contributed by atoms with Crippen molar-refractivity contribution >= 4 is 22.4 Å². The quantitative estimate of drug-likeness (QED) is 0.489. The highest BCUT2D eigenvalue weighted by atomic mass is 32.1. The summed E-state index contributed by atoms with van der Waals surface area (Å²) in [6.45, 7) is 7.53. The Morgan fingerprint density at radius 1 is 1.00 bits per heavy atom. The molecule has 126 valence electrons. The van der Waals surface area contributed by atoms with E-state index in [9.17, 15) is 0 Å². The number of benzene rings is 2. The fraction of sp³-hybridized carbons (Fsp3) is 0.238. The second kappa shape index (κ2) is 6.12. The number of aromatic nitrogens is 3. The summed E-state index contributed by atoms with van der Waals surface area (Å²) in [5.41, 5.74) is 6.85. The Morgan fingerprint density at radius 3 is 2.44 bits per heavy atom. The van der Waals surface area contributed by atoms with Gasteiger partial charge in [-0.25, -0.2) is 4.98 Å². The number of fused-ring (bicyclic) bond motifs is 1. The number of rotatable bonds is 3. The van der Waals surface area contributed by atoms with Gasteiger partial charge in [-0.15, -0.1) is 11.3 Å². The van der Waals surface area contributed by atoms with Crippen LogP contribution < -0.4 is 0 Å². The number of imidazole rings is 1. The molecule has 3 nitrogen and oxygen atoms in total. The third-order valence-corrected chi connectivity index (χ3v) is 5.24. The van der Waals surface area contributed by atoms with Gasteiger partial charge in [-0.1, -0.05) is 57.2 Å². The predicted molar refractivity (Wildman–Crippen MR) is 105 cm³/mol. The lowest BCUT2D eigenvalue weighted by Crippen LogP contribution is -2.11. The maximum Gasteiger partial charge on any atom is 0.153 e. The van der Waals surface area contributed by atoms with Gasteiger partial charge in [-0.05, 0) is 28.7 Å². The van der Waals surface area contributed by atoms with Gasteiger partial charge in [-0.3, -0.25) is 4.98 Å². The first-order valence-electron chi connectivity index (χ1n) is 8.46. The number of hydrogen-bond donors (Lipinski definition) is 0. The summed E-state index contributed by atoms with van der Waals surface area (Å²) in [6, 6.07) is 17.2. The van der Waals surface area contributed by atoms with Crippen LogP contribution in [0.1, 0.15) is 31.9 Å². The first-order valence-corrected chi connectivity index (χ1v) is 9.34. The van der Waals surface area contributed by atoms with E-state index in [0.717, 1.165) is 28.3 Å². The Hall–Kier alpha value is -2.46. The van der Waals surface area contributed by atoms with Crippen LogP contribution in [0.15, 0.2) is 60.2 Å². The number of nitrogens with zero attached hydrogens (tertiary/aromatic N) is 3. The molecule has 2 heterocycles. The maximum atomic E-state index is 4.84. The van der Waals surface area contributed by atoms with Gasteiger partial charge in [-0.2, -0.15) is 0 Å². The van der Waals surface area contributed by atoms with Gasteiger partial charge in [0.25, 0.3) is 0 Å². The molecule has 2 aromatic carbocycles. The van der Waals surface area contributed by atoms with Crippen LogP contribution >= 0.6 is 11.3 Å². The third-order valence-electron chi connectivity index (χ3n) is 4.47. The summed E-state index contributed by atoms with van der Waals surface area (Å²) in [7, 11) is 0. The molecule has 4 rings (SSSR count). The van der Waals surface area contributed by atoms with Crippen LogP contribution in [0.5, 0.6) is 0 Å². The SMILES string of the molecule is CC(C)(C)c1ccc(Cn2c(-c3cncs3)nc3ccccc32)cc1. The third kappa shape index (κ3) is 3.10. The van der Waals surface area contributed by atoms with E-state index in [4.69, 9.17) is 4.98 Å². The van der Waals surface area contributed by atoms with Gasteiger partial charge in [0, 0.05) is 12.7 Å². The molecule has 0 aliphatic rings. The molecule has 0 aliphatic heterocycles. The molecule has 0 bridgehead atoms. The van der Waals surface area contributed by atoms with Crippen LogP contribution in [0.2, 0.25) is 0 Å². The highest BCUT2D eigenvalue weighted by Crippen LogP contribution is 2.29. The largest absolute Gasteiger partial charge is 0.319 e. The summed E-state index contributed by atoms with van der Waals surface area (Å²) < 4.78 is 2.29. The Kier molecular flexibility index (Phi) is 3.92. The van der Waals surface area contributed by atoms with E-state index in [1.54, 1.807) is 11.3 Å². The van der Waals surface area contributed by atoms with Gasteiger partial charge in [0.1, 0.15) is 0 Å². The maximum absolute atomic E-state index is 4.84. The normalized spacial score (nSPS) is 12.0. The first kappa shape index (κ1) is 16.0. The van der Waals surface area contributed by atoms with Gasteiger partial charge in [0.2, 0.25) is 0 Å². The zero-order valence-electron chi connectivity index (χ0n) is 14.7. The average molecular weight is 347 g/mol. The molecule has 0 spiro atoms. The molecule has 0 saturated heterocycles. The topological polar surface area (TPSA) is 30.7 Å². The molecule has 0 N–H and O–H groups in total. The highest BCUT2D eigenvalue weighted by molar-refractivity contribution is 7.13. The molecule has 0 saturated carbocycles. The second-order valence-electron chi connectivity index (χ2n) is 7.32. The van der Waals surface area contributed by atoms with Crippen LogP contribution in [0.25, 0.3) is 21.7 Å². The smallest absolute Gasteiger partial charge is 0.153 e. The van der Waals surface area contributed by atoms with Crippen molar-refractivity contribution < 1.29 is 0 Å². The number of hydrogen-bond acceptors (Lipinski definition) is 3. The van der Waals surface area contributed by atoms with Crippen molar-refractivity contribution in [2.24, 2.45) is 0 Å². The van der Waals surface area contributed by atoms with Gasteiger partial charge in [0.15, 0.2) is 5.82 Å². The van der Waals surface area contributed by atoms with E-state index in [0.29, 0.717) is 0 Å². The van der Waals surface area contributed by atoms with Crippen LogP contribution in [-0.4, -0.2) is 14.5 Å². The lowest BCUT2D eigenvalue weighted by Gasteiger charge is -2.19. The lowest BCUT2D eigenvalue weighted by atomic mass is 9.87. The van der Waals surface area contributed by atoms with Gasteiger partial charge < -0.3 is 4.57 Å². The Morgan fingerprint density at radius 2 is 1.76 bits per heavy atom. The molecule has 0 fully saturated rings. The first-order chi connectivity index (χ1) is 12.0. The zero-order chi connectivity index (χ0) is 17.4. The van der Waals surface area contributed by atoms with Crippen LogP contribution in [0, 0.1) is 0 Å². The molecule has 4 aromatic rings. The van der Waals surface area contributed by atoms with Crippen molar-refractivity contribution in [2.75, 3.05) is 0 Å². The molecule has 0 radical (unpaired) electrons. The molecular weight excluding hydrogens is 326 g/mol. The van der Waals surface area contributed by atoms with Crippen LogP contribution in [0.4, 0.5) is 0 Å². The van der Waals surface area contributed by atoms with E-state index in [-0.39, 0.29) is 5.41 Å². The molecular formula is C21H21N3S. The van der Waals surface area contributed by atoms with E-state index in [1.165, 1.54) is 11.1 Å². The fourth-order valence-corrected chi connectivity index (χ4v) is 3.66. The van der Waals surface area contributed by atoms with E-state index in [2.05, 4.69) is 72.8 Å². The molecule has 0 amide bonds. The summed E-state index contributed by atoms with van der Waals surface area (Å²) in [6.07, 6.45) is 1.89. The fourth-order valence-electron chi connectivity index (χ4n) is 3.04. The standard InChI is InChI=1S/C21H21N3S/c1-21(2,3)16-10-8-15(9-11-16)13-24-18-7-5-4-6-17(18)23-20(24)19-12-22-14-25-19/h4-12,14H,13H2,1-3H3. The van der Waals surface area contributed by atoms with E-state index >= 15 is 0 Å². The lowest BCUT2D eigenvalue weighted by molar-refractivity contribution is 0.590. The van der Waals surface area contributed by atoms with Crippen molar-refractivity contribution in [3.05, 3.63) is 71.4 Å². The van der Waals surface area contributed by atoms with Crippen molar-refractivity contribution in [3.8, 4) is 10.7 Å². The molecule has 0 unspecified atom stereocenters. The summed E-state index contributed by atoms with van der Waals surface area (Å²) >= 11 is 1.63. The van der Waals surface area contributed by atoms with Crippen molar-refractivity contribution in [3.63, 3.8) is 0 Å². The highest BCUT2D eigenvalue weighted by Gasteiger charge is 2.15. The van der Waals surface area contributed by atoms with Crippen molar-refractivity contribution in [1.29, 1.82) is 0 Å². The molecule has 2 aromatic heterocycles. The minimum absolute atomic E-state index is 0.175. The summed E-state index contributed by atoms with van der Waals surface area (Å²) in [5, 5.41) is 0. The van der Waals surface area contributed by atoms with Crippen molar-refractivity contribution in [1.82, 2.24) is 14.5 Å². The second-order valence-corrected chi connectivity index (χ2v) is 8.21. The summed E-state index contributed by atoms with van der Waals surface area (Å²) in [4.78, 5) is 10.2. The van der Waals surface area contributed by atoms with Crippen LogP contribution in [0.3, 0.4) is 0 Å². The number of thiazole rings is 1. The summed E-state index contributed by atoms with van der Waals surface area (Å²) in [5.74, 6) is 0.989. The van der Waals surface area contributed by atoms with E-state index < -0.39 is 0 Å². The van der Waals surface area contributed by atoms with Crippen LogP contribution in [-0.2, 0) is 12.0 Å². The van der Waals surface area contributed by atoms with Crippen molar-refractivity contribution in [2.45, 2.75) is 32.7 Å². The minimum atomic E-state index is 0.175. The monoisotopic (exact) mass is 347 g/mol. The minimum Gasteiger partial charge on any atom is -0.319 e. The molecule has 4 heteroatoms.